The molecule has 0 spiro atoms. The third kappa shape index (κ3) is 3.93. The Morgan fingerprint density at radius 1 is 0.571 bits per heavy atom. The van der Waals surface area contributed by atoms with Crippen LogP contribution in [0, 0.1) is 0 Å². The molecule has 0 bridgehead atoms. The van der Waals surface area contributed by atoms with Gasteiger partial charge in [0.1, 0.15) is 51.4 Å². The summed E-state index contributed by atoms with van der Waals surface area (Å²) in [5.74, 6) is -4.89. The quantitative estimate of drug-likeness (QED) is 0.137. The van der Waals surface area contributed by atoms with E-state index < -0.39 is 62.1 Å². The molecule has 0 aliphatic carbocycles. The van der Waals surface area contributed by atoms with Crippen LogP contribution in [0.5, 0.6) is 46.0 Å². The van der Waals surface area contributed by atoms with Crippen LogP contribution in [0.1, 0.15) is 0 Å². The number of aromatic hydroxyl groups is 8. The van der Waals surface area contributed by atoms with Crippen LogP contribution in [-0.2, 0) is 0 Å². The largest absolute Gasteiger partial charge is 0.508 e. The molecule has 0 saturated carbocycles. The maximum absolute atomic E-state index is 13.3. The van der Waals surface area contributed by atoms with Crippen molar-refractivity contribution in [3.05, 3.63) is 81.3 Å². The molecule has 2 heterocycles. The van der Waals surface area contributed by atoms with E-state index >= 15 is 0 Å². The summed E-state index contributed by atoms with van der Waals surface area (Å²) in [5.41, 5.74) is -2.85. The van der Waals surface area contributed by atoms with Gasteiger partial charge in [0.2, 0.25) is 5.43 Å². The average molecular weight is 570 g/mol. The van der Waals surface area contributed by atoms with Gasteiger partial charge in [0.05, 0.1) is 11.1 Å². The summed E-state index contributed by atoms with van der Waals surface area (Å²) in [6.45, 7) is 0. The van der Waals surface area contributed by atoms with E-state index in [4.69, 9.17) is 8.83 Å². The highest BCUT2D eigenvalue weighted by molar-refractivity contribution is 6.02. The van der Waals surface area contributed by atoms with Gasteiger partial charge in [-0.3, -0.25) is 9.59 Å². The fourth-order valence-corrected chi connectivity index (χ4v) is 4.76. The summed E-state index contributed by atoms with van der Waals surface area (Å²) < 4.78 is 11.3. The summed E-state index contributed by atoms with van der Waals surface area (Å²) in [4.78, 5) is 26.4. The minimum atomic E-state index is -0.783. The van der Waals surface area contributed by atoms with Gasteiger partial charge in [0.15, 0.2) is 34.0 Å². The molecule has 0 saturated heterocycles. The molecule has 0 radical (unpaired) electrons. The number of rotatable bonds is 3. The van der Waals surface area contributed by atoms with Crippen LogP contribution in [0.2, 0.25) is 0 Å². The summed E-state index contributed by atoms with van der Waals surface area (Å²) in [6, 6.07) is 9.69. The van der Waals surface area contributed by atoms with E-state index in [1.54, 1.807) is 0 Å². The normalized spacial score (nSPS) is 11.3. The molecule has 0 aliphatic heterocycles. The smallest absolute Gasteiger partial charge is 0.204 e. The molecule has 42 heavy (non-hydrogen) atoms. The lowest BCUT2D eigenvalue weighted by atomic mass is 9.95. The number of phenols is 8. The zero-order valence-corrected chi connectivity index (χ0v) is 21.0. The van der Waals surface area contributed by atoms with Gasteiger partial charge in [-0.05, 0) is 35.9 Å². The third-order valence-electron chi connectivity index (χ3n) is 6.73. The number of hydrogen-bond donors (Lipinski definition) is 8. The van der Waals surface area contributed by atoms with Gasteiger partial charge in [-0.2, -0.15) is 0 Å². The minimum absolute atomic E-state index is 0.0500. The molecule has 12 heteroatoms. The van der Waals surface area contributed by atoms with Crippen LogP contribution >= 0.6 is 0 Å². The lowest BCUT2D eigenvalue weighted by molar-refractivity contribution is 0.404. The summed E-state index contributed by atoms with van der Waals surface area (Å²) in [7, 11) is 0. The molecule has 6 aromatic rings. The predicted molar refractivity (Wildman–Crippen MR) is 148 cm³/mol. The Balaban J connectivity index is 1.65. The van der Waals surface area contributed by atoms with Gasteiger partial charge < -0.3 is 49.7 Å². The van der Waals surface area contributed by atoms with E-state index in [1.807, 2.05) is 0 Å². The standard InChI is InChI=1S/C30H18O12/c31-13-6-18(34)27-24(7-13)41-10-15(29(27)40)12-3-14(28(39)22(38)5-12)25-19(35)8-20(36)26-21(37)9-23(42-30(25)26)11-1-2-16(32)17(33)4-11/h1-10,31-36,38-39H. The van der Waals surface area contributed by atoms with Crippen LogP contribution in [0.4, 0.5) is 0 Å². The molecule has 0 unspecified atom stereocenters. The molecule has 8 N–H and O–H groups in total. The van der Waals surface area contributed by atoms with Gasteiger partial charge in [-0.25, -0.2) is 0 Å². The van der Waals surface area contributed by atoms with Gasteiger partial charge in [-0.15, -0.1) is 0 Å². The molecule has 0 aliphatic rings. The molecule has 0 fully saturated rings. The van der Waals surface area contributed by atoms with Crippen molar-refractivity contribution in [1.29, 1.82) is 0 Å². The first-order valence-corrected chi connectivity index (χ1v) is 12.0. The molecular weight excluding hydrogens is 552 g/mol. The van der Waals surface area contributed by atoms with E-state index in [-0.39, 0.29) is 50.3 Å². The molecule has 210 valence electrons. The van der Waals surface area contributed by atoms with Crippen molar-refractivity contribution in [3.63, 3.8) is 0 Å². The number of hydrogen-bond acceptors (Lipinski definition) is 12. The Morgan fingerprint density at radius 3 is 2.02 bits per heavy atom. The fraction of sp³-hybridized carbons (Fsp3) is 0. The Kier molecular flexibility index (Phi) is 5.64. The Morgan fingerprint density at radius 2 is 1.29 bits per heavy atom. The monoisotopic (exact) mass is 570 g/mol. The average Bonchev–Trinajstić information content (AvgIpc) is 2.91. The second-order valence-corrected chi connectivity index (χ2v) is 9.38. The SMILES string of the molecule is O=c1c(-c2cc(O)c(O)c(-c3c(O)cc(O)c4c(=O)cc(-c5ccc(O)c(O)c5)oc34)c2)coc2cc(O)cc(O)c12. The molecule has 0 atom stereocenters. The van der Waals surface area contributed by atoms with Gasteiger partial charge in [0.25, 0.3) is 0 Å². The van der Waals surface area contributed by atoms with Gasteiger partial charge >= 0.3 is 0 Å². The summed E-state index contributed by atoms with van der Waals surface area (Å²) in [5, 5.41) is 81.7. The zero-order chi connectivity index (χ0) is 30.0. The van der Waals surface area contributed by atoms with E-state index in [1.165, 1.54) is 12.1 Å². The lowest BCUT2D eigenvalue weighted by Gasteiger charge is -2.15. The first kappa shape index (κ1) is 26.0. The molecule has 12 nitrogen and oxygen atoms in total. The Bertz CT molecular complexity index is 2230. The first-order chi connectivity index (χ1) is 19.9. The van der Waals surface area contributed by atoms with Crippen LogP contribution in [0.25, 0.3) is 55.5 Å². The van der Waals surface area contributed by atoms with Crippen LogP contribution in [0.15, 0.2) is 79.3 Å². The maximum Gasteiger partial charge on any atom is 0.204 e. The molecule has 6 rings (SSSR count). The second kappa shape index (κ2) is 9.13. The van der Waals surface area contributed by atoms with Gasteiger partial charge in [-0.1, -0.05) is 0 Å². The van der Waals surface area contributed by atoms with Crippen molar-refractivity contribution in [2.75, 3.05) is 0 Å². The highest BCUT2D eigenvalue weighted by Gasteiger charge is 2.25. The third-order valence-corrected chi connectivity index (χ3v) is 6.73. The number of fused-ring (bicyclic) bond motifs is 2. The van der Waals surface area contributed by atoms with Crippen molar-refractivity contribution in [1.82, 2.24) is 0 Å². The molecule has 0 amide bonds. The van der Waals surface area contributed by atoms with Crippen molar-refractivity contribution >= 4 is 21.9 Å². The lowest BCUT2D eigenvalue weighted by Crippen LogP contribution is -2.05. The fourth-order valence-electron chi connectivity index (χ4n) is 4.76. The summed E-state index contributed by atoms with van der Waals surface area (Å²) in [6.07, 6.45) is 1.00. The van der Waals surface area contributed by atoms with Crippen LogP contribution < -0.4 is 10.9 Å². The van der Waals surface area contributed by atoms with Crippen molar-refractivity contribution in [3.8, 4) is 79.6 Å². The van der Waals surface area contributed by atoms with E-state index in [2.05, 4.69) is 0 Å². The molecule has 4 aromatic carbocycles. The van der Waals surface area contributed by atoms with Gasteiger partial charge in [0, 0.05) is 35.4 Å². The minimum Gasteiger partial charge on any atom is -0.508 e. The maximum atomic E-state index is 13.3. The zero-order valence-electron chi connectivity index (χ0n) is 21.0. The Hall–Kier alpha value is -6.30. The first-order valence-electron chi connectivity index (χ1n) is 12.0. The van der Waals surface area contributed by atoms with Crippen molar-refractivity contribution in [2.24, 2.45) is 0 Å². The highest BCUT2D eigenvalue weighted by Crippen LogP contribution is 2.48. The predicted octanol–water partition coefficient (Wildman–Crippen LogP) is 4.55. The van der Waals surface area contributed by atoms with Crippen molar-refractivity contribution in [2.45, 2.75) is 0 Å². The van der Waals surface area contributed by atoms with E-state index in [0.717, 1.165) is 48.7 Å². The topological polar surface area (TPSA) is 222 Å². The molecule has 2 aromatic heterocycles. The number of benzene rings is 4. The number of phenolic OH excluding ortho intramolecular Hbond substituents is 8. The highest BCUT2D eigenvalue weighted by atomic mass is 16.3. The molecular formula is C30H18O12. The van der Waals surface area contributed by atoms with E-state index in [0.29, 0.717) is 0 Å². The second-order valence-electron chi connectivity index (χ2n) is 9.38. The summed E-state index contributed by atoms with van der Waals surface area (Å²) >= 11 is 0. The van der Waals surface area contributed by atoms with Crippen molar-refractivity contribution < 1.29 is 49.7 Å². The van der Waals surface area contributed by atoms with Crippen LogP contribution in [-0.4, -0.2) is 40.9 Å². The van der Waals surface area contributed by atoms with Crippen LogP contribution in [0.3, 0.4) is 0 Å². The Labute approximate surface area is 232 Å². The van der Waals surface area contributed by atoms with E-state index in [9.17, 15) is 50.4 Å².